The largest absolute Gasteiger partial charge is 0.505 e. The number of nitrogens with zero attached hydrogens (tertiary/aromatic N) is 1. The monoisotopic (exact) mass is 417 g/mol. The fourth-order valence-electron chi connectivity index (χ4n) is 3.44. The smallest absolute Gasteiger partial charge is 0.313 e. The van der Waals surface area contributed by atoms with Crippen molar-refractivity contribution < 1.29 is 23.8 Å². The van der Waals surface area contributed by atoms with Crippen LogP contribution in [0.3, 0.4) is 0 Å². The van der Waals surface area contributed by atoms with Gasteiger partial charge in [0.15, 0.2) is 11.6 Å². The number of fused-ring (bicyclic) bond motifs is 1. The van der Waals surface area contributed by atoms with Gasteiger partial charge >= 0.3 is 5.97 Å². The van der Waals surface area contributed by atoms with E-state index in [0.717, 1.165) is 0 Å². The second-order valence-corrected chi connectivity index (χ2v) is 7.58. The molecule has 3 aromatic rings. The summed E-state index contributed by atoms with van der Waals surface area (Å²) in [5.41, 5.74) is 1.32. The Kier molecular flexibility index (Phi) is 5.66. The molecule has 0 aliphatic rings. The second-order valence-electron chi connectivity index (χ2n) is 7.15. The molecule has 7 heteroatoms. The Bertz CT molecular complexity index is 1100. The summed E-state index contributed by atoms with van der Waals surface area (Å²) in [7, 11) is 0. The summed E-state index contributed by atoms with van der Waals surface area (Å²) in [6.07, 6.45) is -0.340. The zero-order valence-corrected chi connectivity index (χ0v) is 17.2. The average Bonchev–Trinajstić information content (AvgIpc) is 2.96. The van der Waals surface area contributed by atoms with Crippen LogP contribution in [0.25, 0.3) is 10.9 Å². The lowest BCUT2D eigenvalue weighted by Gasteiger charge is -2.15. The van der Waals surface area contributed by atoms with Gasteiger partial charge in [-0.1, -0.05) is 11.6 Å². The van der Waals surface area contributed by atoms with Gasteiger partial charge in [-0.3, -0.25) is 14.2 Å². The Morgan fingerprint density at radius 2 is 1.72 bits per heavy atom. The molecule has 0 saturated heterocycles. The molecule has 1 aromatic heterocycles. The Balaban J connectivity index is 2.26. The SMILES string of the molecule is Cc1c([C@H](C)C(=O)OC(C)C)c2c(F)c(O)ccc2n1C(=O)c1ccc(Cl)cc1. The van der Waals surface area contributed by atoms with Crippen LogP contribution in [0, 0.1) is 12.7 Å². The first-order valence-electron chi connectivity index (χ1n) is 9.16. The van der Waals surface area contributed by atoms with Crippen molar-refractivity contribution in [1.82, 2.24) is 4.57 Å². The molecule has 0 spiro atoms. The van der Waals surface area contributed by atoms with Crippen LogP contribution in [0.5, 0.6) is 5.75 Å². The number of esters is 1. The van der Waals surface area contributed by atoms with E-state index in [9.17, 15) is 19.1 Å². The molecule has 0 fully saturated rings. The fourth-order valence-corrected chi connectivity index (χ4v) is 3.57. The van der Waals surface area contributed by atoms with Crippen LogP contribution in [0.15, 0.2) is 36.4 Å². The average molecular weight is 418 g/mol. The standard InChI is InChI=1S/C22H21ClFNO4/c1-11(2)29-22(28)12(3)18-13(4)25(16-9-10-17(26)20(24)19(16)18)21(27)14-5-7-15(23)8-6-14/h5-12,26H,1-4H3/t12-/m0/s1. The van der Waals surface area contributed by atoms with Crippen molar-refractivity contribution in [3.05, 3.63) is 64.1 Å². The summed E-state index contributed by atoms with van der Waals surface area (Å²) in [6, 6.07) is 8.96. The van der Waals surface area contributed by atoms with Gasteiger partial charge in [-0.05, 0) is 69.7 Å². The number of benzene rings is 2. The van der Waals surface area contributed by atoms with Crippen LogP contribution in [0.1, 0.15) is 48.3 Å². The minimum Gasteiger partial charge on any atom is -0.505 e. The predicted molar refractivity (Wildman–Crippen MR) is 109 cm³/mol. The molecule has 1 N–H and O–H groups in total. The maximum absolute atomic E-state index is 14.9. The van der Waals surface area contributed by atoms with Crippen LogP contribution >= 0.6 is 11.6 Å². The summed E-state index contributed by atoms with van der Waals surface area (Å²) >= 11 is 5.90. The molecule has 2 aromatic carbocycles. The molecule has 1 heterocycles. The van der Waals surface area contributed by atoms with E-state index in [2.05, 4.69) is 0 Å². The highest BCUT2D eigenvalue weighted by atomic mass is 35.5. The predicted octanol–water partition coefficient (Wildman–Crippen LogP) is 5.19. The van der Waals surface area contributed by atoms with E-state index in [1.165, 1.54) is 16.7 Å². The van der Waals surface area contributed by atoms with Gasteiger partial charge in [0.05, 0.1) is 17.5 Å². The Hall–Kier alpha value is -2.86. The van der Waals surface area contributed by atoms with E-state index in [1.54, 1.807) is 52.0 Å². The number of rotatable bonds is 4. The van der Waals surface area contributed by atoms with Crippen LogP contribution < -0.4 is 0 Å². The van der Waals surface area contributed by atoms with E-state index in [1.807, 2.05) is 0 Å². The van der Waals surface area contributed by atoms with Gasteiger partial charge in [0.1, 0.15) is 0 Å². The topological polar surface area (TPSA) is 68.5 Å². The third-order valence-corrected chi connectivity index (χ3v) is 5.02. The quantitative estimate of drug-likeness (QED) is 0.593. The molecule has 3 rings (SSSR count). The highest BCUT2D eigenvalue weighted by molar-refractivity contribution is 6.30. The Morgan fingerprint density at radius 1 is 1.10 bits per heavy atom. The molecule has 152 valence electrons. The highest BCUT2D eigenvalue weighted by Gasteiger charge is 2.30. The third kappa shape index (κ3) is 3.72. The van der Waals surface area contributed by atoms with E-state index >= 15 is 0 Å². The molecule has 0 bridgehead atoms. The number of halogens is 2. The van der Waals surface area contributed by atoms with Crippen LogP contribution in [-0.4, -0.2) is 27.7 Å². The molecule has 0 amide bonds. The molecule has 0 unspecified atom stereocenters. The normalized spacial score (nSPS) is 12.4. The van der Waals surface area contributed by atoms with Gasteiger partial charge in [0.2, 0.25) is 0 Å². The number of hydrogen-bond donors (Lipinski definition) is 1. The van der Waals surface area contributed by atoms with Crippen molar-refractivity contribution in [3.63, 3.8) is 0 Å². The molecule has 1 atom stereocenters. The third-order valence-electron chi connectivity index (χ3n) is 4.77. The molecule has 0 aliphatic carbocycles. The summed E-state index contributed by atoms with van der Waals surface area (Å²) in [4.78, 5) is 25.7. The van der Waals surface area contributed by atoms with Gasteiger partial charge in [-0.25, -0.2) is 4.39 Å². The van der Waals surface area contributed by atoms with Crippen molar-refractivity contribution in [1.29, 1.82) is 0 Å². The van der Waals surface area contributed by atoms with Gasteiger partial charge < -0.3 is 9.84 Å². The molecule has 0 radical (unpaired) electrons. The minimum absolute atomic E-state index is 0.0259. The minimum atomic E-state index is -0.882. The van der Waals surface area contributed by atoms with E-state index in [4.69, 9.17) is 16.3 Å². The highest BCUT2D eigenvalue weighted by Crippen LogP contribution is 2.37. The van der Waals surface area contributed by atoms with Crippen molar-refractivity contribution >= 4 is 34.4 Å². The lowest BCUT2D eigenvalue weighted by Crippen LogP contribution is -2.19. The summed E-state index contributed by atoms with van der Waals surface area (Å²) in [5, 5.41) is 10.4. The second kappa shape index (κ2) is 7.87. The van der Waals surface area contributed by atoms with Crippen molar-refractivity contribution in [2.24, 2.45) is 0 Å². The molecule has 29 heavy (non-hydrogen) atoms. The number of carbonyl (C=O) groups is 2. The number of phenols is 1. The lowest BCUT2D eigenvalue weighted by atomic mass is 9.97. The van der Waals surface area contributed by atoms with Crippen molar-refractivity contribution in [2.75, 3.05) is 0 Å². The van der Waals surface area contributed by atoms with Gasteiger partial charge in [-0.15, -0.1) is 0 Å². The number of ether oxygens (including phenoxy) is 1. The van der Waals surface area contributed by atoms with Gasteiger partial charge in [0, 0.05) is 21.7 Å². The molecule has 0 aliphatic heterocycles. The van der Waals surface area contributed by atoms with Crippen molar-refractivity contribution in [3.8, 4) is 5.75 Å². The Morgan fingerprint density at radius 3 is 2.31 bits per heavy atom. The summed E-state index contributed by atoms with van der Waals surface area (Å²) in [5.74, 6) is -3.21. The van der Waals surface area contributed by atoms with Crippen LogP contribution in [-0.2, 0) is 9.53 Å². The van der Waals surface area contributed by atoms with E-state index < -0.39 is 29.4 Å². The number of aromatic nitrogens is 1. The number of carbonyl (C=O) groups excluding carboxylic acids is 2. The fraction of sp³-hybridized carbons (Fsp3) is 0.273. The van der Waals surface area contributed by atoms with E-state index in [-0.39, 0.29) is 17.0 Å². The van der Waals surface area contributed by atoms with Gasteiger partial charge in [0.25, 0.3) is 5.91 Å². The zero-order chi connectivity index (χ0) is 21.5. The van der Waals surface area contributed by atoms with E-state index in [0.29, 0.717) is 21.8 Å². The molecule has 0 saturated carbocycles. The van der Waals surface area contributed by atoms with Crippen LogP contribution in [0.4, 0.5) is 4.39 Å². The first-order valence-corrected chi connectivity index (χ1v) is 9.54. The molecular formula is C22H21ClFNO4. The molecule has 5 nitrogen and oxygen atoms in total. The molecular weight excluding hydrogens is 397 g/mol. The Labute approximate surface area is 172 Å². The van der Waals surface area contributed by atoms with Crippen molar-refractivity contribution in [2.45, 2.75) is 39.7 Å². The van der Waals surface area contributed by atoms with Gasteiger partial charge in [-0.2, -0.15) is 0 Å². The lowest BCUT2D eigenvalue weighted by molar-refractivity contribution is -0.148. The van der Waals surface area contributed by atoms with Crippen LogP contribution in [0.2, 0.25) is 5.02 Å². The number of hydrogen-bond acceptors (Lipinski definition) is 4. The maximum atomic E-state index is 14.9. The summed E-state index contributed by atoms with van der Waals surface area (Å²) in [6.45, 7) is 6.67. The maximum Gasteiger partial charge on any atom is 0.313 e. The number of phenolic OH excluding ortho intramolecular Hbond substituents is 1. The number of aromatic hydroxyl groups is 1. The first kappa shape index (κ1) is 20.9. The summed E-state index contributed by atoms with van der Waals surface area (Å²) < 4.78 is 21.5. The first-order chi connectivity index (χ1) is 13.6. The zero-order valence-electron chi connectivity index (χ0n) is 16.5.